The molecule has 26 heavy (non-hydrogen) atoms. The molecule has 9 atom stereocenters. The number of aliphatic hydroxyl groups excluding tert-OH is 1. The first kappa shape index (κ1) is 19.4. The molecule has 148 valence electrons. The van der Waals surface area contributed by atoms with E-state index in [0.717, 1.165) is 38.5 Å². The zero-order valence-electron chi connectivity index (χ0n) is 16.5. The van der Waals surface area contributed by atoms with Crippen molar-refractivity contribution in [2.75, 3.05) is 5.33 Å². The van der Waals surface area contributed by atoms with Crippen molar-refractivity contribution in [1.29, 1.82) is 0 Å². The van der Waals surface area contributed by atoms with E-state index in [9.17, 15) is 15.0 Å². The molecular formula is C22H35BrO3. The molecule has 4 saturated carbocycles. The number of ketones is 1. The van der Waals surface area contributed by atoms with Crippen LogP contribution in [0.5, 0.6) is 0 Å². The number of alkyl halides is 1. The summed E-state index contributed by atoms with van der Waals surface area (Å²) in [5.74, 6) is 2.45. The van der Waals surface area contributed by atoms with Crippen molar-refractivity contribution in [3.8, 4) is 0 Å². The van der Waals surface area contributed by atoms with Crippen LogP contribution < -0.4 is 0 Å². The van der Waals surface area contributed by atoms with Crippen LogP contribution in [-0.2, 0) is 4.79 Å². The van der Waals surface area contributed by atoms with Gasteiger partial charge >= 0.3 is 0 Å². The lowest BCUT2D eigenvalue weighted by molar-refractivity contribution is -0.174. The van der Waals surface area contributed by atoms with Gasteiger partial charge in [0.2, 0.25) is 0 Å². The lowest BCUT2D eigenvalue weighted by atomic mass is 9.44. The van der Waals surface area contributed by atoms with Gasteiger partial charge in [0, 0.05) is 5.41 Å². The molecule has 0 unspecified atom stereocenters. The third-order valence-electron chi connectivity index (χ3n) is 9.77. The molecule has 2 N–H and O–H groups in total. The molecule has 0 radical (unpaired) electrons. The lowest BCUT2D eigenvalue weighted by Crippen LogP contribution is -2.60. The van der Waals surface area contributed by atoms with Crippen molar-refractivity contribution < 1.29 is 15.0 Å². The maximum Gasteiger partial charge on any atom is 0.175 e. The van der Waals surface area contributed by atoms with Crippen LogP contribution in [0, 0.1) is 40.4 Å². The molecule has 0 heterocycles. The minimum atomic E-state index is -1.17. The maximum atomic E-state index is 12.8. The third-order valence-corrected chi connectivity index (χ3v) is 10.3. The second-order valence-electron chi connectivity index (χ2n) is 10.5. The standard InChI is InChI=1S/C22H35BrO3/c1-13-10-18-16-5-4-14-11-15(24)6-8-20(14,2)17(16)7-9-21(18,3)22(13,26)19(25)12-23/h13-18,24,26H,4-12H2,1-3H3/t13-,14+,15+,16-,17+,18+,20+,21+,22+/m1/s1. The van der Waals surface area contributed by atoms with Gasteiger partial charge in [0.1, 0.15) is 5.60 Å². The van der Waals surface area contributed by atoms with Crippen molar-refractivity contribution >= 4 is 21.7 Å². The summed E-state index contributed by atoms with van der Waals surface area (Å²) in [7, 11) is 0. The molecule has 0 aromatic rings. The second kappa shape index (κ2) is 6.29. The molecule has 3 nitrogen and oxygen atoms in total. The van der Waals surface area contributed by atoms with Crippen LogP contribution in [0.25, 0.3) is 0 Å². The monoisotopic (exact) mass is 426 g/mol. The van der Waals surface area contributed by atoms with Crippen LogP contribution in [0.1, 0.15) is 72.1 Å². The lowest BCUT2D eigenvalue weighted by Gasteiger charge is -2.61. The zero-order chi connectivity index (χ0) is 18.9. The minimum Gasteiger partial charge on any atom is -0.393 e. The quantitative estimate of drug-likeness (QED) is 0.645. The summed E-state index contributed by atoms with van der Waals surface area (Å²) < 4.78 is 0. The van der Waals surface area contributed by atoms with E-state index < -0.39 is 5.60 Å². The van der Waals surface area contributed by atoms with Gasteiger partial charge in [-0.15, -0.1) is 0 Å². The van der Waals surface area contributed by atoms with Crippen molar-refractivity contribution in [3.05, 3.63) is 0 Å². The summed E-state index contributed by atoms with van der Waals surface area (Å²) in [5, 5.41) is 22.0. The summed E-state index contributed by atoms with van der Waals surface area (Å²) in [6.45, 7) is 6.78. The number of carbonyl (C=O) groups is 1. The fourth-order valence-electron chi connectivity index (χ4n) is 8.27. The number of halogens is 1. The van der Waals surface area contributed by atoms with Gasteiger partial charge in [-0.3, -0.25) is 4.79 Å². The van der Waals surface area contributed by atoms with E-state index in [-0.39, 0.29) is 28.6 Å². The molecule has 0 amide bonds. The fourth-order valence-corrected chi connectivity index (χ4v) is 8.70. The molecule has 4 rings (SSSR count). The van der Waals surface area contributed by atoms with Gasteiger partial charge in [0.05, 0.1) is 11.4 Å². The SMILES string of the molecule is C[C@@H]1C[C@H]2[C@@H]3CC[C@H]4C[C@@H](O)CC[C@]4(C)[C@H]3CC[C@]2(C)[C@@]1(O)C(=O)CBr. The average molecular weight is 427 g/mol. The molecular weight excluding hydrogens is 392 g/mol. The van der Waals surface area contributed by atoms with Crippen LogP contribution >= 0.6 is 15.9 Å². The highest BCUT2D eigenvalue weighted by molar-refractivity contribution is 9.09. The van der Waals surface area contributed by atoms with Crippen LogP contribution in [0.15, 0.2) is 0 Å². The van der Waals surface area contributed by atoms with Crippen LogP contribution in [0.2, 0.25) is 0 Å². The van der Waals surface area contributed by atoms with E-state index in [1.807, 2.05) is 0 Å². The molecule has 0 aromatic carbocycles. The van der Waals surface area contributed by atoms with E-state index in [1.54, 1.807) is 0 Å². The number of aliphatic hydroxyl groups is 2. The highest BCUT2D eigenvalue weighted by Gasteiger charge is 2.68. The van der Waals surface area contributed by atoms with E-state index in [1.165, 1.54) is 12.8 Å². The Hall–Kier alpha value is 0.0700. The van der Waals surface area contributed by atoms with Gasteiger partial charge in [-0.1, -0.05) is 36.7 Å². The number of rotatable bonds is 2. The smallest absolute Gasteiger partial charge is 0.175 e. The Bertz CT molecular complexity index is 594. The van der Waals surface area contributed by atoms with Crippen LogP contribution in [0.4, 0.5) is 0 Å². The molecule has 0 aliphatic heterocycles. The summed E-state index contributed by atoms with van der Waals surface area (Å²) in [4.78, 5) is 12.8. The third kappa shape index (κ3) is 2.33. The van der Waals surface area contributed by atoms with Gasteiger partial charge < -0.3 is 10.2 Å². The number of fused-ring (bicyclic) bond motifs is 5. The van der Waals surface area contributed by atoms with E-state index >= 15 is 0 Å². The Morgan fingerprint density at radius 2 is 1.81 bits per heavy atom. The maximum absolute atomic E-state index is 12.8. The molecule has 4 fully saturated rings. The van der Waals surface area contributed by atoms with Crippen molar-refractivity contribution in [2.24, 2.45) is 40.4 Å². The second-order valence-corrected chi connectivity index (χ2v) is 11.1. The Labute approximate surface area is 166 Å². The number of carbonyl (C=O) groups excluding carboxylic acids is 1. The van der Waals surface area contributed by atoms with Gasteiger partial charge in [0.25, 0.3) is 0 Å². The topological polar surface area (TPSA) is 57.5 Å². The van der Waals surface area contributed by atoms with E-state index in [0.29, 0.717) is 29.1 Å². The van der Waals surface area contributed by atoms with Gasteiger partial charge in [-0.25, -0.2) is 0 Å². The van der Waals surface area contributed by atoms with Crippen molar-refractivity contribution in [1.82, 2.24) is 0 Å². The Balaban J connectivity index is 1.67. The summed E-state index contributed by atoms with van der Waals surface area (Å²) in [6, 6.07) is 0. The normalized spacial score (nSPS) is 56.4. The zero-order valence-corrected chi connectivity index (χ0v) is 18.1. The number of hydrogen-bond acceptors (Lipinski definition) is 3. The fraction of sp³-hybridized carbons (Fsp3) is 0.955. The first-order valence-corrected chi connectivity index (χ1v) is 11.8. The largest absolute Gasteiger partial charge is 0.393 e. The highest BCUT2D eigenvalue weighted by Crippen LogP contribution is 2.69. The predicted octanol–water partition coefficient (Wildman–Crippen LogP) is 4.33. The van der Waals surface area contributed by atoms with Crippen LogP contribution in [-0.4, -0.2) is 33.0 Å². The summed E-state index contributed by atoms with van der Waals surface area (Å²) in [5.41, 5.74) is -1.12. The van der Waals surface area contributed by atoms with Crippen molar-refractivity contribution in [2.45, 2.75) is 83.8 Å². The van der Waals surface area contributed by atoms with Crippen LogP contribution in [0.3, 0.4) is 0 Å². The molecule has 4 heteroatoms. The number of hydrogen-bond donors (Lipinski definition) is 2. The molecule has 4 aliphatic carbocycles. The summed E-state index contributed by atoms with van der Waals surface area (Å²) in [6.07, 6.45) is 8.45. The first-order chi connectivity index (χ1) is 12.2. The molecule has 0 bridgehead atoms. The average Bonchev–Trinajstić information content (AvgIpc) is 2.83. The molecule has 0 spiro atoms. The Kier molecular flexibility index (Phi) is 4.69. The molecule has 0 aromatic heterocycles. The summed E-state index contributed by atoms with van der Waals surface area (Å²) >= 11 is 3.32. The van der Waals surface area contributed by atoms with E-state index in [4.69, 9.17) is 0 Å². The first-order valence-electron chi connectivity index (χ1n) is 10.7. The van der Waals surface area contributed by atoms with Gasteiger partial charge in [-0.2, -0.15) is 0 Å². The van der Waals surface area contributed by atoms with Gasteiger partial charge in [0.15, 0.2) is 5.78 Å². The number of Topliss-reactive ketones (excluding diaryl/α,β-unsaturated/α-hetero) is 1. The molecule has 0 saturated heterocycles. The predicted molar refractivity (Wildman–Crippen MR) is 106 cm³/mol. The Morgan fingerprint density at radius 3 is 2.50 bits per heavy atom. The Morgan fingerprint density at radius 1 is 1.08 bits per heavy atom. The van der Waals surface area contributed by atoms with Gasteiger partial charge in [-0.05, 0) is 86.4 Å². The van der Waals surface area contributed by atoms with Crippen molar-refractivity contribution in [3.63, 3.8) is 0 Å². The molecule has 4 aliphatic rings. The minimum absolute atomic E-state index is 0.0193. The van der Waals surface area contributed by atoms with E-state index in [2.05, 4.69) is 36.7 Å². The highest BCUT2D eigenvalue weighted by atomic mass is 79.9.